The van der Waals surface area contributed by atoms with Gasteiger partial charge in [0.15, 0.2) is 17.4 Å². The molecule has 30 heavy (non-hydrogen) atoms. The Balaban J connectivity index is 1.70. The summed E-state index contributed by atoms with van der Waals surface area (Å²) in [5, 5.41) is 1.29. The second kappa shape index (κ2) is 11.3. The molecule has 0 amide bonds. The number of hydrogen-bond acceptors (Lipinski definition) is 5. The molecule has 0 saturated heterocycles. The van der Waals surface area contributed by atoms with Gasteiger partial charge in [-0.25, -0.2) is 13.8 Å². The van der Waals surface area contributed by atoms with Crippen LogP contribution in [0.4, 0.5) is 8.78 Å². The topological polar surface area (TPSA) is 48.4 Å². The van der Waals surface area contributed by atoms with Gasteiger partial charge >= 0.3 is 5.97 Å². The summed E-state index contributed by atoms with van der Waals surface area (Å²) in [6.45, 7) is 2.06. The molecule has 2 aromatic rings. The van der Waals surface area contributed by atoms with Gasteiger partial charge in [-0.2, -0.15) is 0 Å². The summed E-state index contributed by atoms with van der Waals surface area (Å²) >= 11 is 1.69. The van der Waals surface area contributed by atoms with Gasteiger partial charge in [0.2, 0.25) is 0 Å². The van der Waals surface area contributed by atoms with Crippen molar-refractivity contribution in [2.45, 2.75) is 62.1 Å². The Bertz CT molecular complexity index is 833. The summed E-state index contributed by atoms with van der Waals surface area (Å²) in [5.74, 6) is -2.30. The van der Waals surface area contributed by atoms with Gasteiger partial charge in [-0.05, 0) is 49.9 Å². The molecule has 0 bridgehead atoms. The number of carbonyl (C=O) groups is 1. The molecule has 1 fully saturated rings. The maximum atomic E-state index is 14.6. The molecule has 3 rings (SSSR count). The minimum absolute atomic E-state index is 0.0294. The van der Waals surface area contributed by atoms with Crippen LogP contribution in [0.15, 0.2) is 35.5 Å². The first-order valence-corrected chi connectivity index (χ1v) is 11.4. The van der Waals surface area contributed by atoms with Crippen molar-refractivity contribution in [1.82, 2.24) is 4.98 Å². The molecule has 162 valence electrons. The highest BCUT2D eigenvalue weighted by atomic mass is 32.2. The third-order valence-corrected chi connectivity index (χ3v) is 6.34. The van der Waals surface area contributed by atoms with Crippen molar-refractivity contribution in [3.63, 3.8) is 0 Å². The molecule has 1 aliphatic rings. The van der Waals surface area contributed by atoms with E-state index in [1.54, 1.807) is 30.9 Å². The van der Waals surface area contributed by atoms with E-state index in [1.807, 2.05) is 6.07 Å². The zero-order valence-electron chi connectivity index (χ0n) is 17.2. The van der Waals surface area contributed by atoms with E-state index >= 15 is 0 Å². The SMILES string of the molecule is CCOC(=O)CCCOc1c(F)cc(-c2cccnc2SC2CCCCC2)cc1F. The maximum absolute atomic E-state index is 14.6. The normalized spacial score (nSPS) is 14.5. The molecule has 1 heterocycles. The van der Waals surface area contributed by atoms with Gasteiger partial charge in [0.1, 0.15) is 5.03 Å². The van der Waals surface area contributed by atoms with Crippen molar-refractivity contribution in [2.75, 3.05) is 13.2 Å². The summed E-state index contributed by atoms with van der Waals surface area (Å²) < 4.78 is 39.3. The Morgan fingerprint density at radius 2 is 1.93 bits per heavy atom. The summed E-state index contributed by atoms with van der Waals surface area (Å²) in [6.07, 6.45) is 8.16. The van der Waals surface area contributed by atoms with E-state index in [2.05, 4.69) is 4.98 Å². The number of pyridine rings is 1. The van der Waals surface area contributed by atoms with Crippen LogP contribution >= 0.6 is 11.8 Å². The van der Waals surface area contributed by atoms with Gasteiger partial charge < -0.3 is 9.47 Å². The second-order valence-corrected chi connectivity index (χ2v) is 8.55. The average Bonchev–Trinajstić information content (AvgIpc) is 2.74. The van der Waals surface area contributed by atoms with Gasteiger partial charge in [0.25, 0.3) is 0 Å². The first-order valence-electron chi connectivity index (χ1n) is 10.5. The fourth-order valence-corrected chi connectivity index (χ4v) is 4.84. The Hall–Kier alpha value is -2.15. The Morgan fingerprint density at radius 3 is 2.63 bits per heavy atom. The van der Waals surface area contributed by atoms with Crippen molar-refractivity contribution >= 4 is 17.7 Å². The smallest absolute Gasteiger partial charge is 0.305 e. The second-order valence-electron chi connectivity index (χ2n) is 7.26. The fourth-order valence-electron chi connectivity index (χ4n) is 3.52. The molecule has 1 aliphatic carbocycles. The number of esters is 1. The number of ether oxygens (including phenoxy) is 2. The van der Waals surface area contributed by atoms with E-state index in [4.69, 9.17) is 9.47 Å². The van der Waals surface area contributed by atoms with Crippen molar-refractivity contribution in [3.05, 3.63) is 42.1 Å². The molecular formula is C23H27F2NO3S. The third kappa shape index (κ3) is 6.17. The highest BCUT2D eigenvalue weighted by molar-refractivity contribution is 8.00. The molecule has 0 radical (unpaired) electrons. The number of nitrogens with zero attached hydrogens (tertiary/aromatic N) is 1. The van der Waals surface area contributed by atoms with Crippen LogP contribution in [-0.4, -0.2) is 29.4 Å². The summed E-state index contributed by atoms with van der Waals surface area (Å²) in [5.41, 5.74) is 1.16. The van der Waals surface area contributed by atoms with Crippen LogP contribution in [0.2, 0.25) is 0 Å². The van der Waals surface area contributed by atoms with Crippen molar-refractivity contribution in [3.8, 4) is 16.9 Å². The van der Waals surface area contributed by atoms with Crippen LogP contribution in [0.3, 0.4) is 0 Å². The first-order chi connectivity index (χ1) is 14.6. The standard InChI is InChI=1S/C23H27F2NO3S/c1-2-28-21(27)11-7-13-29-22-19(24)14-16(15-20(22)25)18-10-6-12-26-23(18)30-17-8-4-3-5-9-17/h6,10,12,14-15,17H,2-5,7-9,11,13H2,1H3. The molecule has 0 atom stereocenters. The minimum atomic E-state index is -0.765. The summed E-state index contributed by atoms with van der Waals surface area (Å²) in [6, 6.07) is 6.18. The van der Waals surface area contributed by atoms with Crippen LogP contribution in [0.1, 0.15) is 51.9 Å². The predicted molar refractivity (Wildman–Crippen MR) is 114 cm³/mol. The highest BCUT2D eigenvalue weighted by Gasteiger charge is 2.20. The molecule has 0 aliphatic heterocycles. The molecule has 0 spiro atoms. The lowest BCUT2D eigenvalue weighted by Crippen LogP contribution is -2.08. The molecule has 0 N–H and O–H groups in total. The van der Waals surface area contributed by atoms with Crippen LogP contribution in [0, 0.1) is 11.6 Å². The third-order valence-electron chi connectivity index (χ3n) is 4.99. The molecule has 0 unspecified atom stereocenters. The number of hydrogen-bond donors (Lipinski definition) is 0. The lowest BCUT2D eigenvalue weighted by atomic mass is 10.0. The number of aromatic nitrogens is 1. The van der Waals surface area contributed by atoms with Crippen LogP contribution in [-0.2, 0) is 9.53 Å². The predicted octanol–water partition coefficient (Wildman–Crippen LogP) is 6.17. The number of rotatable bonds is 9. The lowest BCUT2D eigenvalue weighted by molar-refractivity contribution is -0.143. The quantitative estimate of drug-likeness (QED) is 0.348. The zero-order chi connectivity index (χ0) is 21.3. The molecule has 1 saturated carbocycles. The van der Waals surface area contributed by atoms with E-state index in [1.165, 1.54) is 31.4 Å². The Labute approximate surface area is 180 Å². The van der Waals surface area contributed by atoms with Crippen LogP contribution < -0.4 is 4.74 Å². The van der Waals surface area contributed by atoms with Crippen LogP contribution in [0.25, 0.3) is 11.1 Å². The first kappa shape index (κ1) is 22.5. The molecule has 4 nitrogen and oxygen atoms in total. The zero-order valence-corrected chi connectivity index (χ0v) is 18.0. The van der Waals surface area contributed by atoms with Crippen molar-refractivity contribution < 1.29 is 23.0 Å². The molecular weight excluding hydrogens is 408 g/mol. The number of halogens is 2. The average molecular weight is 436 g/mol. The number of carbonyl (C=O) groups excluding carboxylic acids is 1. The van der Waals surface area contributed by atoms with E-state index in [-0.39, 0.29) is 19.0 Å². The van der Waals surface area contributed by atoms with Gasteiger partial charge in [-0.3, -0.25) is 4.79 Å². The number of benzene rings is 1. The molecule has 7 heteroatoms. The van der Waals surface area contributed by atoms with Gasteiger partial charge in [-0.15, -0.1) is 11.8 Å². The summed E-state index contributed by atoms with van der Waals surface area (Å²) in [7, 11) is 0. The largest absolute Gasteiger partial charge is 0.488 e. The van der Waals surface area contributed by atoms with E-state index in [0.29, 0.717) is 23.8 Å². The van der Waals surface area contributed by atoms with E-state index in [0.717, 1.165) is 23.4 Å². The highest BCUT2D eigenvalue weighted by Crippen LogP contribution is 2.38. The lowest BCUT2D eigenvalue weighted by Gasteiger charge is -2.21. The van der Waals surface area contributed by atoms with Gasteiger partial charge in [-0.1, -0.05) is 25.3 Å². The Morgan fingerprint density at radius 1 is 1.20 bits per heavy atom. The molecule has 1 aromatic carbocycles. The van der Waals surface area contributed by atoms with Crippen LogP contribution in [0.5, 0.6) is 5.75 Å². The van der Waals surface area contributed by atoms with Gasteiger partial charge in [0.05, 0.1) is 13.2 Å². The van der Waals surface area contributed by atoms with E-state index in [9.17, 15) is 13.6 Å². The van der Waals surface area contributed by atoms with Crippen molar-refractivity contribution in [2.24, 2.45) is 0 Å². The maximum Gasteiger partial charge on any atom is 0.305 e. The fraction of sp³-hybridized carbons (Fsp3) is 0.478. The molecule has 1 aromatic heterocycles. The van der Waals surface area contributed by atoms with Gasteiger partial charge in [0, 0.05) is 23.4 Å². The monoisotopic (exact) mass is 435 g/mol. The minimum Gasteiger partial charge on any atom is -0.488 e. The Kier molecular flexibility index (Phi) is 8.49. The van der Waals surface area contributed by atoms with E-state index < -0.39 is 17.4 Å². The van der Waals surface area contributed by atoms with Crippen molar-refractivity contribution in [1.29, 1.82) is 0 Å². The summed E-state index contributed by atoms with van der Waals surface area (Å²) in [4.78, 5) is 15.8. The number of thioether (sulfide) groups is 1.